The SMILES string of the molecule is CCN1C(=CC2=CC(C)=C3CC=C(O)C=C3O2)Sc2ccc3ccccc3c21. The molecule has 5 rings (SSSR count). The lowest BCUT2D eigenvalue weighted by Crippen LogP contribution is -2.17. The van der Waals surface area contributed by atoms with Gasteiger partial charge in [0.1, 0.15) is 17.3 Å². The van der Waals surface area contributed by atoms with Crippen molar-refractivity contribution in [3.8, 4) is 0 Å². The number of ether oxygens (including phenoxy) is 1. The van der Waals surface area contributed by atoms with E-state index < -0.39 is 0 Å². The number of nitrogens with zero attached hydrogens (tertiary/aromatic N) is 1. The van der Waals surface area contributed by atoms with Crippen LogP contribution >= 0.6 is 11.8 Å². The first kappa shape index (κ1) is 17.3. The van der Waals surface area contributed by atoms with E-state index in [0.29, 0.717) is 6.42 Å². The van der Waals surface area contributed by atoms with Gasteiger partial charge in [-0.2, -0.15) is 0 Å². The second-order valence-electron chi connectivity index (χ2n) is 7.11. The number of thioether (sulfide) groups is 1. The molecule has 2 aromatic carbocycles. The molecule has 0 aromatic heterocycles. The number of benzene rings is 2. The third-order valence-corrected chi connectivity index (χ3v) is 6.45. The number of rotatable bonds is 2. The molecule has 2 heterocycles. The molecular weight excluding hydrogens is 366 g/mol. The van der Waals surface area contributed by atoms with Gasteiger partial charge in [0.15, 0.2) is 0 Å². The van der Waals surface area contributed by atoms with E-state index in [1.54, 1.807) is 17.8 Å². The minimum Gasteiger partial charge on any atom is -0.508 e. The van der Waals surface area contributed by atoms with E-state index >= 15 is 0 Å². The monoisotopic (exact) mass is 387 g/mol. The third kappa shape index (κ3) is 2.76. The van der Waals surface area contributed by atoms with Crippen molar-refractivity contribution < 1.29 is 9.84 Å². The van der Waals surface area contributed by atoms with Crippen molar-refractivity contribution in [3.63, 3.8) is 0 Å². The molecule has 3 nitrogen and oxygen atoms in total. The van der Waals surface area contributed by atoms with E-state index in [0.717, 1.165) is 28.7 Å². The zero-order valence-electron chi connectivity index (χ0n) is 15.9. The Morgan fingerprint density at radius 2 is 2.04 bits per heavy atom. The van der Waals surface area contributed by atoms with Gasteiger partial charge in [-0.05, 0) is 49.4 Å². The molecule has 2 aromatic rings. The molecule has 0 saturated carbocycles. The number of allylic oxidation sites excluding steroid dienone is 6. The van der Waals surface area contributed by atoms with E-state index in [-0.39, 0.29) is 5.76 Å². The number of fused-ring (bicyclic) bond motifs is 4. The molecule has 28 heavy (non-hydrogen) atoms. The maximum absolute atomic E-state index is 9.84. The molecule has 0 bridgehead atoms. The molecule has 0 atom stereocenters. The van der Waals surface area contributed by atoms with Gasteiger partial charge in [0.05, 0.1) is 10.7 Å². The molecule has 2 aliphatic heterocycles. The van der Waals surface area contributed by atoms with Crippen molar-refractivity contribution in [2.75, 3.05) is 11.4 Å². The summed E-state index contributed by atoms with van der Waals surface area (Å²) in [6.07, 6.45) is 8.42. The molecule has 0 saturated heterocycles. The third-order valence-electron chi connectivity index (χ3n) is 5.35. The Balaban J connectivity index is 1.55. The van der Waals surface area contributed by atoms with Gasteiger partial charge in [-0.25, -0.2) is 0 Å². The molecule has 4 heteroatoms. The lowest BCUT2D eigenvalue weighted by molar-refractivity contribution is 0.313. The molecular formula is C24H21NO2S. The second kappa shape index (κ2) is 6.64. The molecule has 3 aliphatic rings. The van der Waals surface area contributed by atoms with Crippen LogP contribution in [0.5, 0.6) is 0 Å². The van der Waals surface area contributed by atoms with Crippen LogP contribution in [0.2, 0.25) is 0 Å². The van der Waals surface area contributed by atoms with Gasteiger partial charge < -0.3 is 14.7 Å². The van der Waals surface area contributed by atoms with Crippen LogP contribution in [0.1, 0.15) is 20.3 Å². The first-order chi connectivity index (χ1) is 13.6. The van der Waals surface area contributed by atoms with E-state index in [1.807, 2.05) is 6.08 Å². The van der Waals surface area contributed by atoms with Crippen molar-refractivity contribution in [3.05, 3.63) is 94.2 Å². The average molecular weight is 388 g/mol. The van der Waals surface area contributed by atoms with Gasteiger partial charge in [-0.1, -0.05) is 42.1 Å². The highest BCUT2D eigenvalue weighted by Gasteiger charge is 2.27. The van der Waals surface area contributed by atoms with Gasteiger partial charge >= 0.3 is 0 Å². The number of anilines is 1. The van der Waals surface area contributed by atoms with Crippen LogP contribution in [0.25, 0.3) is 10.8 Å². The van der Waals surface area contributed by atoms with E-state index in [9.17, 15) is 5.11 Å². The summed E-state index contributed by atoms with van der Waals surface area (Å²) in [5.74, 6) is 1.82. The molecule has 0 amide bonds. The lowest BCUT2D eigenvalue weighted by Gasteiger charge is -2.24. The quantitative estimate of drug-likeness (QED) is 0.631. The summed E-state index contributed by atoms with van der Waals surface area (Å²) in [4.78, 5) is 3.63. The highest BCUT2D eigenvalue weighted by molar-refractivity contribution is 8.03. The minimum atomic E-state index is 0.268. The first-order valence-electron chi connectivity index (χ1n) is 9.53. The zero-order chi connectivity index (χ0) is 19.3. The smallest absolute Gasteiger partial charge is 0.134 e. The summed E-state index contributed by atoms with van der Waals surface area (Å²) < 4.78 is 6.12. The van der Waals surface area contributed by atoms with Gasteiger partial charge in [0, 0.05) is 34.6 Å². The molecule has 0 unspecified atom stereocenters. The fourth-order valence-electron chi connectivity index (χ4n) is 3.98. The Morgan fingerprint density at radius 1 is 1.18 bits per heavy atom. The van der Waals surface area contributed by atoms with Crippen LogP contribution in [0.3, 0.4) is 0 Å². The Kier molecular flexibility index (Phi) is 4.09. The number of aliphatic hydroxyl groups excluding tert-OH is 1. The van der Waals surface area contributed by atoms with Crippen LogP contribution in [-0.4, -0.2) is 11.7 Å². The Labute approximate surface area is 169 Å². The maximum Gasteiger partial charge on any atom is 0.134 e. The Morgan fingerprint density at radius 3 is 2.89 bits per heavy atom. The van der Waals surface area contributed by atoms with Crippen LogP contribution < -0.4 is 4.90 Å². The van der Waals surface area contributed by atoms with Crippen LogP contribution in [-0.2, 0) is 4.74 Å². The summed E-state index contributed by atoms with van der Waals surface area (Å²) in [6.45, 7) is 5.17. The summed E-state index contributed by atoms with van der Waals surface area (Å²) in [5.41, 5.74) is 3.60. The summed E-state index contributed by atoms with van der Waals surface area (Å²) in [5, 5.41) is 13.5. The largest absolute Gasteiger partial charge is 0.508 e. The molecule has 0 radical (unpaired) electrons. The van der Waals surface area contributed by atoms with Crippen molar-refractivity contribution in [2.24, 2.45) is 0 Å². The molecule has 140 valence electrons. The van der Waals surface area contributed by atoms with E-state index in [4.69, 9.17) is 4.74 Å². The van der Waals surface area contributed by atoms with Crippen molar-refractivity contribution >= 4 is 28.2 Å². The standard InChI is InChI=1S/C24H21NO2S/c1-3-25-23(28-22-11-8-16-6-4-5-7-20(16)24(22)25)14-18-12-15(2)19-10-9-17(26)13-21(19)27-18/h4-9,11-14,26H,3,10H2,1-2H3. The lowest BCUT2D eigenvalue weighted by atomic mass is 9.97. The zero-order valence-corrected chi connectivity index (χ0v) is 16.7. The number of hydrogen-bond donors (Lipinski definition) is 1. The van der Waals surface area contributed by atoms with Crippen molar-refractivity contribution in [2.45, 2.75) is 25.2 Å². The van der Waals surface area contributed by atoms with Gasteiger partial charge in [-0.15, -0.1) is 0 Å². The second-order valence-corrected chi connectivity index (χ2v) is 8.18. The van der Waals surface area contributed by atoms with Crippen molar-refractivity contribution in [1.82, 2.24) is 0 Å². The number of aliphatic hydroxyl groups is 1. The average Bonchev–Trinajstić information content (AvgIpc) is 3.05. The fraction of sp³-hybridized carbons (Fsp3) is 0.167. The van der Waals surface area contributed by atoms with Gasteiger partial charge in [-0.3, -0.25) is 0 Å². The number of hydrogen-bond acceptors (Lipinski definition) is 4. The summed E-state index contributed by atoms with van der Waals surface area (Å²) in [7, 11) is 0. The molecule has 1 aliphatic carbocycles. The predicted molar refractivity (Wildman–Crippen MR) is 116 cm³/mol. The van der Waals surface area contributed by atoms with Crippen LogP contribution in [0.15, 0.2) is 99.1 Å². The molecule has 0 fully saturated rings. The Bertz CT molecular complexity index is 1150. The Hall–Kier alpha value is -2.85. The topological polar surface area (TPSA) is 32.7 Å². The first-order valence-corrected chi connectivity index (χ1v) is 10.3. The van der Waals surface area contributed by atoms with Gasteiger partial charge in [0.25, 0.3) is 0 Å². The summed E-state index contributed by atoms with van der Waals surface area (Å²) >= 11 is 1.78. The molecule has 1 N–H and O–H groups in total. The minimum absolute atomic E-state index is 0.268. The predicted octanol–water partition coefficient (Wildman–Crippen LogP) is 6.57. The van der Waals surface area contributed by atoms with Crippen LogP contribution in [0, 0.1) is 0 Å². The fourth-order valence-corrected chi connectivity index (χ4v) is 5.16. The van der Waals surface area contributed by atoms with E-state index in [2.05, 4.69) is 67.3 Å². The van der Waals surface area contributed by atoms with E-state index in [1.165, 1.54) is 26.9 Å². The normalized spacial score (nSPS) is 19.9. The maximum atomic E-state index is 9.84. The van der Waals surface area contributed by atoms with Crippen LogP contribution in [0.4, 0.5) is 5.69 Å². The summed E-state index contributed by atoms with van der Waals surface area (Å²) in [6, 6.07) is 12.9. The van der Waals surface area contributed by atoms with Crippen molar-refractivity contribution in [1.29, 1.82) is 0 Å². The highest BCUT2D eigenvalue weighted by atomic mass is 32.2. The molecule has 0 spiro atoms. The van der Waals surface area contributed by atoms with Gasteiger partial charge in [0.2, 0.25) is 0 Å². The highest BCUT2D eigenvalue weighted by Crippen LogP contribution is 2.50.